The molecule has 1 saturated heterocycles. The van der Waals surface area contributed by atoms with Gasteiger partial charge in [-0.25, -0.2) is 13.2 Å². The Morgan fingerprint density at radius 1 is 1.38 bits per heavy atom. The highest BCUT2D eigenvalue weighted by molar-refractivity contribution is 7.91. The van der Waals surface area contributed by atoms with Gasteiger partial charge in [0.2, 0.25) is 0 Å². The average molecular weight is 320 g/mol. The molecule has 7 heteroatoms. The van der Waals surface area contributed by atoms with Gasteiger partial charge < -0.3 is 10.5 Å². The first kappa shape index (κ1) is 18.2. The van der Waals surface area contributed by atoms with Gasteiger partial charge in [-0.3, -0.25) is 4.90 Å². The summed E-state index contributed by atoms with van der Waals surface area (Å²) in [5.74, 6) is -0.218. The Balaban J connectivity index is 2.77. The third-order valence-electron chi connectivity index (χ3n) is 3.61. The van der Waals surface area contributed by atoms with Crippen LogP contribution in [0.3, 0.4) is 0 Å². The number of carbonyl (C=O) groups is 1. The van der Waals surface area contributed by atoms with Crippen LogP contribution in [0.2, 0.25) is 0 Å². The molecule has 21 heavy (non-hydrogen) atoms. The minimum Gasteiger partial charge on any atom is -0.444 e. The Morgan fingerprint density at radius 2 is 1.95 bits per heavy atom. The highest BCUT2D eigenvalue weighted by atomic mass is 32.2. The van der Waals surface area contributed by atoms with Gasteiger partial charge in [-0.1, -0.05) is 0 Å². The van der Waals surface area contributed by atoms with Crippen molar-refractivity contribution in [1.29, 1.82) is 0 Å². The lowest BCUT2D eigenvalue weighted by atomic mass is 9.97. The molecule has 0 aliphatic carbocycles. The van der Waals surface area contributed by atoms with Gasteiger partial charge in [0.05, 0.1) is 17.2 Å². The van der Waals surface area contributed by atoms with Gasteiger partial charge in [0.15, 0.2) is 9.84 Å². The lowest BCUT2D eigenvalue weighted by Crippen LogP contribution is -2.56. The van der Waals surface area contributed by atoms with Crippen LogP contribution in [0.5, 0.6) is 0 Å². The number of hydrogen-bond donors (Lipinski definition) is 1. The SMILES string of the molecule is CC(C)S(=O)(=O)CC1CCCN(C(=O)OC(C)(C)C)C1N. The average Bonchev–Trinajstić information content (AvgIpc) is 2.29. The first-order valence-electron chi connectivity index (χ1n) is 7.41. The normalized spacial score (nSPS) is 24.2. The fraction of sp³-hybridized carbons (Fsp3) is 0.929. The standard InChI is InChI=1S/C14H28N2O4S/c1-10(2)21(18,19)9-11-7-6-8-16(12(11)15)13(17)20-14(3,4)5/h10-12H,6-9,15H2,1-5H3. The molecule has 2 N–H and O–H groups in total. The molecule has 0 saturated carbocycles. The van der Waals surface area contributed by atoms with Gasteiger partial charge in [0.1, 0.15) is 5.60 Å². The number of nitrogens with two attached hydrogens (primary N) is 1. The Labute approximate surface area is 127 Å². The lowest BCUT2D eigenvalue weighted by molar-refractivity contribution is 0.00300. The van der Waals surface area contributed by atoms with E-state index in [2.05, 4.69) is 0 Å². The molecule has 0 spiro atoms. The van der Waals surface area contributed by atoms with Gasteiger partial charge in [-0.05, 0) is 47.5 Å². The van der Waals surface area contributed by atoms with Gasteiger partial charge in [-0.2, -0.15) is 0 Å². The second kappa shape index (κ2) is 6.52. The molecule has 1 rings (SSSR count). The van der Waals surface area contributed by atoms with Crippen LogP contribution in [0.1, 0.15) is 47.5 Å². The molecule has 0 radical (unpaired) electrons. The molecule has 6 nitrogen and oxygen atoms in total. The molecule has 2 atom stereocenters. The summed E-state index contributed by atoms with van der Waals surface area (Å²) in [6.07, 6.45) is 0.376. The van der Waals surface area contributed by atoms with Crippen LogP contribution in [-0.2, 0) is 14.6 Å². The molecule has 1 fully saturated rings. The van der Waals surface area contributed by atoms with Crippen molar-refractivity contribution in [2.45, 2.75) is 64.5 Å². The van der Waals surface area contributed by atoms with Crippen LogP contribution >= 0.6 is 0 Å². The summed E-state index contributed by atoms with van der Waals surface area (Å²) in [7, 11) is -3.17. The van der Waals surface area contributed by atoms with Crippen molar-refractivity contribution in [3.05, 3.63) is 0 Å². The van der Waals surface area contributed by atoms with Gasteiger partial charge in [-0.15, -0.1) is 0 Å². The largest absolute Gasteiger partial charge is 0.444 e. The van der Waals surface area contributed by atoms with E-state index in [1.807, 2.05) is 0 Å². The van der Waals surface area contributed by atoms with Crippen LogP contribution in [0.4, 0.5) is 4.79 Å². The molecule has 124 valence electrons. The summed E-state index contributed by atoms with van der Waals surface area (Å²) in [6.45, 7) is 9.21. The van der Waals surface area contributed by atoms with E-state index >= 15 is 0 Å². The summed E-state index contributed by atoms with van der Waals surface area (Å²) in [5, 5.41) is -0.429. The predicted octanol–water partition coefficient (Wildman–Crippen LogP) is 1.74. The quantitative estimate of drug-likeness (QED) is 0.855. The first-order chi connectivity index (χ1) is 9.44. The smallest absolute Gasteiger partial charge is 0.411 e. The molecule has 1 heterocycles. The fourth-order valence-electron chi connectivity index (χ4n) is 2.30. The molecule has 2 unspecified atom stereocenters. The topological polar surface area (TPSA) is 89.7 Å². The molecule has 0 bridgehead atoms. The van der Waals surface area contributed by atoms with Crippen molar-refractivity contribution in [2.24, 2.45) is 11.7 Å². The summed E-state index contributed by atoms with van der Waals surface area (Å²) < 4.78 is 29.4. The Bertz CT molecular complexity index is 468. The Morgan fingerprint density at radius 3 is 2.43 bits per heavy atom. The van der Waals surface area contributed by atoms with E-state index in [1.54, 1.807) is 34.6 Å². The Kier molecular flexibility index (Phi) is 5.66. The zero-order valence-electron chi connectivity index (χ0n) is 13.6. The maximum Gasteiger partial charge on any atom is 0.411 e. The van der Waals surface area contributed by atoms with Crippen LogP contribution in [0.15, 0.2) is 0 Å². The van der Waals surface area contributed by atoms with Crippen LogP contribution in [0.25, 0.3) is 0 Å². The third-order valence-corrected chi connectivity index (χ3v) is 5.94. The number of carbonyl (C=O) groups excluding carboxylic acids is 1. The maximum atomic E-state index is 12.1. The van der Waals surface area contributed by atoms with Crippen molar-refractivity contribution in [2.75, 3.05) is 12.3 Å². The predicted molar refractivity (Wildman–Crippen MR) is 82.6 cm³/mol. The summed E-state index contributed by atoms with van der Waals surface area (Å²) in [5.41, 5.74) is 5.52. The highest BCUT2D eigenvalue weighted by Crippen LogP contribution is 2.25. The number of nitrogens with zero attached hydrogens (tertiary/aromatic N) is 1. The first-order valence-corrected chi connectivity index (χ1v) is 9.12. The number of amides is 1. The minimum absolute atomic E-state index is 0.0190. The summed E-state index contributed by atoms with van der Waals surface area (Å²) >= 11 is 0. The molecular weight excluding hydrogens is 292 g/mol. The molecule has 1 amide bonds. The second-order valence-electron chi connectivity index (χ2n) is 6.94. The van der Waals surface area contributed by atoms with E-state index in [0.717, 1.165) is 6.42 Å². The van der Waals surface area contributed by atoms with E-state index in [1.165, 1.54) is 4.90 Å². The van der Waals surface area contributed by atoms with Crippen molar-refractivity contribution in [3.8, 4) is 0 Å². The van der Waals surface area contributed by atoms with E-state index in [4.69, 9.17) is 10.5 Å². The zero-order valence-corrected chi connectivity index (χ0v) is 14.4. The van der Waals surface area contributed by atoms with Crippen LogP contribution < -0.4 is 5.73 Å². The molecule has 0 aromatic heterocycles. The van der Waals surface area contributed by atoms with Crippen molar-refractivity contribution < 1.29 is 17.9 Å². The molecule has 1 aliphatic rings. The number of likely N-dealkylation sites (tertiary alicyclic amines) is 1. The van der Waals surface area contributed by atoms with Crippen molar-refractivity contribution in [3.63, 3.8) is 0 Å². The molecule has 0 aromatic carbocycles. The molecule has 1 aliphatic heterocycles. The monoisotopic (exact) mass is 320 g/mol. The molecule has 0 aromatic rings. The second-order valence-corrected chi connectivity index (χ2v) is 9.55. The van der Waals surface area contributed by atoms with Gasteiger partial charge >= 0.3 is 6.09 Å². The van der Waals surface area contributed by atoms with Gasteiger partial charge in [0.25, 0.3) is 0 Å². The number of rotatable bonds is 3. The number of piperidine rings is 1. The molecular formula is C14H28N2O4S. The third kappa shape index (κ3) is 5.14. The highest BCUT2D eigenvalue weighted by Gasteiger charge is 2.36. The number of hydrogen-bond acceptors (Lipinski definition) is 5. The van der Waals surface area contributed by atoms with Crippen molar-refractivity contribution >= 4 is 15.9 Å². The van der Waals surface area contributed by atoms with E-state index in [-0.39, 0.29) is 11.7 Å². The van der Waals surface area contributed by atoms with Crippen molar-refractivity contribution in [1.82, 2.24) is 4.90 Å². The van der Waals surface area contributed by atoms with E-state index in [9.17, 15) is 13.2 Å². The van der Waals surface area contributed by atoms with Crippen LogP contribution in [-0.4, -0.2) is 48.7 Å². The van der Waals surface area contributed by atoms with E-state index < -0.39 is 32.9 Å². The zero-order chi connectivity index (χ0) is 16.4. The lowest BCUT2D eigenvalue weighted by Gasteiger charge is -2.39. The Hall–Kier alpha value is -0.820. The number of sulfone groups is 1. The maximum absolute atomic E-state index is 12.1. The summed E-state index contributed by atoms with van der Waals surface area (Å²) in [6, 6.07) is 0. The number of ether oxygens (including phenoxy) is 1. The van der Waals surface area contributed by atoms with Crippen LogP contribution in [0, 0.1) is 5.92 Å². The van der Waals surface area contributed by atoms with Gasteiger partial charge in [0, 0.05) is 12.5 Å². The summed E-state index contributed by atoms with van der Waals surface area (Å²) in [4.78, 5) is 13.6. The van der Waals surface area contributed by atoms with E-state index in [0.29, 0.717) is 13.0 Å². The fourth-order valence-corrected chi connectivity index (χ4v) is 3.65. The minimum atomic E-state index is -3.17.